The second-order valence-corrected chi connectivity index (χ2v) is 8.26. The van der Waals surface area contributed by atoms with Crippen molar-refractivity contribution in [1.82, 2.24) is 14.8 Å². The number of benzene rings is 1. The highest BCUT2D eigenvalue weighted by Crippen LogP contribution is 2.44. The van der Waals surface area contributed by atoms with Crippen molar-refractivity contribution in [1.29, 1.82) is 0 Å². The Labute approximate surface area is 161 Å². The fourth-order valence-electron chi connectivity index (χ4n) is 4.31. The van der Waals surface area contributed by atoms with Crippen LogP contribution in [0.1, 0.15) is 18.1 Å². The van der Waals surface area contributed by atoms with E-state index >= 15 is 0 Å². The third-order valence-electron chi connectivity index (χ3n) is 5.71. The van der Waals surface area contributed by atoms with E-state index in [4.69, 9.17) is 0 Å². The Morgan fingerprint density at radius 3 is 2.92 bits per heavy atom. The molecule has 5 nitrogen and oxygen atoms in total. The summed E-state index contributed by atoms with van der Waals surface area (Å²) in [6.07, 6.45) is 3.08. The van der Waals surface area contributed by atoms with E-state index in [9.17, 15) is 9.90 Å². The number of nitrogens with zero attached hydrogens (tertiary/aromatic N) is 2. The van der Waals surface area contributed by atoms with Gasteiger partial charge >= 0.3 is 0 Å². The lowest BCUT2D eigenvalue weighted by molar-refractivity contribution is -0.125. The lowest BCUT2D eigenvalue weighted by atomic mass is 9.80. The fourth-order valence-corrected chi connectivity index (χ4v) is 4.86. The van der Waals surface area contributed by atoms with Crippen molar-refractivity contribution < 1.29 is 9.90 Å². The molecule has 26 heavy (non-hydrogen) atoms. The predicted molar refractivity (Wildman–Crippen MR) is 107 cm³/mol. The van der Waals surface area contributed by atoms with Gasteiger partial charge in [-0.2, -0.15) is 0 Å². The maximum absolute atomic E-state index is 12.6. The minimum absolute atomic E-state index is 0.0171. The Balaban J connectivity index is 1.81. The van der Waals surface area contributed by atoms with Crippen molar-refractivity contribution in [3.05, 3.63) is 40.0 Å². The topological polar surface area (TPSA) is 57.5 Å². The highest BCUT2D eigenvalue weighted by Gasteiger charge is 2.37. The number of halogens is 1. The number of hydrogen-bond acceptors (Lipinski definition) is 3. The summed E-state index contributed by atoms with van der Waals surface area (Å²) in [7, 11) is 4.18. The Bertz CT molecular complexity index is 917. The van der Waals surface area contributed by atoms with Gasteiger partial charge in [-0.3, -0.25) is 9.69 Å². The van der Waals surface area contributed by atoms with E-state index in [1.165, 1.54) is 27.6 Å². The van der Waals surface area contributed by atoms with Gasteiger partial charge < -0.3 is 15.0 Å². The van der Waals surface area contributed by atoms with Crippen LogP contribution in [-0.2, 0) is 18.3 Å². The van der Waals surface area contributed by atoms with E-state index in [1.54, 1.807) is 0 Å². The number of carbonyl (C=O) groups excluding carboxylic acids is 1. The second-order valence-electron chi connectivity index (χ2n) is 7.51. The van der Waals surface area contributed by atoms with Gasteiger partial charge in [-0.1, -0.05) is 18.2 Å². The minimum Gasteiger partial charge on any atom is -0.394 e. The van der Waals surface area contributed by atoms with E-state index in [0.717, 1.165) is 11.0 Å². The molecule has 1 amide bonds. The molecule has 1 aliphatic heterocycles. The Morgan fingerprint density at radius 2 is 2.19 bits per heavy atom. The van der Waals surface area contributed by atoms with Crippen molar-refractivity contribution in [2.45, 2.75) is 25.4 Å². The van der Waals surface area contributed by atoms with Gasteiger partial charge in [0.2, 0.25) is 5.91 Å². The van der Waals surface area contributed by atoms with Gasteiger partial charge in [0, 0.05) is 36.6 Å². The molecular formula is C20H24BrN3O2. The maximum atomic E-state index is 12.6. The van der Waals surface area contributed by atoms with E-state index < -0.39 is 0 Å². The van der Waals surface area contributed by atoms with Gasteiger partial charge in [-0.05, 0) is 59.1 Å². The summed E-state index contributed by atoms with van der Waals surface area (Å²) in [6.45, 7) is 2.46. The Kier molecular flexibility index (Phi) is 4.45. The third kappa shape index (κ3) is 2.63. The highest BCUT2D eigenvalue weighted by molar-refractivity contribution is 9.10. The number of rotatable bonds is 3. The second kappa shape index (κ2) is 6.51. The van der Waals surface area contributed by atoms with Gasteiger partial charge in [0.1, 0.15) is 0 Å². The maximum Gasteiger partial charge on any atom is 0.228 e. The molecule has 3 atom stereocenters. The number of hydrogen-bond donors (Lipinski definition) is 2. The molecular weight excluding hydrogens is 394 g/mol. The molecule has 6 heteroatoms. The van der Waals surface area contributed by atoms with Gasteiger partial charge in [-0.15, -0.1) is 0 Å². The summed E-state index contributed by atoms with van der Waals surface area (Å²) in [5.74, 6) is -0.222. The first kappa shape index (κ1) is 17.8. The molecule has 0 saturated heterocycles. The van der Waals surface area contributed by atoms with Crippen molar-refractivity contribution in [2.75, 3.05) is 20.2 Å². The zero-order valence-electron chi connectivity index (χ0n) is 15.3. The number of aryl methyl sites for hydroxylation is 1. The molecule has 1 aromatic carbocycles. The smallest absolute Gasteiger partial charge is 0.228 e. The summed E-state index contributed by atoms with van der Waals surface area (Å²) in [6, 6.07) is 6.46. The van der Waals surface area contributed by atoms with Crippen LogP contribution in [0.4, 0.5) is 0 Å². The quantitative estimate of drug-likeness (QED) is 0.805. The molecule has 2 aromatic rings. The average Bonchev–Trinajstić information content (AvgIpc) is 2.88. The molecule has 138 valence electrons. The monoisotopic (exact) mass is 417 g/mol. The van der Waals surface area contributed by atoms with Crippen LogP contribution in [0.15, 0.2) is 28.9 Å². The van der Waals surface area contributed by atoms with Gasteiger partial charge in [-0.25, -0.2) is 0 Å². The van der Waals surface area contributed by atoms with E-state index in [1.807, 2.05) is 6.92 Å². The Morgan fingerprint density at radius 1 is 1.42 bits per heavy atom. The fraction of sp³-hybridized carbons (Fsp3) is 0.450. The van der Waals surface area contributed by atoms with Crippen molar-refractivity contribution >= 4 is 38.3 Å². The standard InChI is InChI=1S/C20H24BrN3O2/c1-11(10-25)22-20(26)12-7-14-13-5-4-6-16-18(13)15(19(21)24(16)3)8-17(14)23(2)9-12/h4-7,11-12,17,25H,8-10H2,1-3H3,(H,22,26). The first-order valence-electron chi connectivity index (χ1n) is 9.01. The van der Waals surface area contributed by atoms with Crippen LogP contribution in [0, 0.1) is 5.92 Å². The van der Waals surface area contributed by atoms with E-state index in [-0.39, 0.29) is 30.5 Å². The summed E-state index contributed by atoms with van der Waals surface area (Å²) in [5.41, 5.74) is 5.04. The SMILES string of the molecule is CC(CO)NC(=O)C1C=C2c3cccc4c3c(c(Br)n4C)CC2N(C)C1. The largest absolute Gasteiger partial charge is 0.394 e. The number of nitrogens with one attached hydrogen (secondary N) is 1. The zero-order chi connectivity index (χ0) is 18.6. The summed E-state index contributed by atoms with van der Waals surface area (Å²) >= 11 is 3.77. The molecule has 0 spiro atoms. The van der Waals surface area contributed by atoms with Crippen LogP contribution in [-0.4, -0.2) is 52.8 Å². The zero-order valence-corrected chi connectivity index (χ0v) is 16.9. The number of aromatic nitrogens is 1. The van der Waals surface area contributed by atoms with Crippen molar-refractivity contribution in [3.63, 3.8) is 0 Å². The Hall–Kier alpha value is -1.63. The normalized spacial score (nSPS) is 23.5. The number of carbonyl (C=O) groups is 1. The molecule has 0 radical (unpaired) electrons. The van der Waals surface area contributed by atoms with Crippen molar-refractivity contribution in [3.8, 4) is 0 Å². The lowest BCUT2D eigenvalue weighted by Crippen LogP contribution is -2.48. The molecule has 1 aromatic heterocycles. The summed E-state index contributed by atoms with van der Waals surface area (Å²) in [5, 5.41) is 13.4. The van der Waals surface area contributed by atoms with E-state index in [0.29, 0.717) is 6.54 Å². The molecule has 2 heterocycles. The highest BCUT2D eigenvalue weighted by atomic mass is 79.9. The molecule has 4 rings (SSSR count). The van der Waals surface area contributed by atoms with Crippen molar-refractivity contribution in [2.24, 2.45) is 13.0 Å². The first-order valence-corrected chi connectivity index (χ1v) is 9.81. The molecule has 3 unspecified atom stereocenters. The molecule has 1 aliphatic carbocycles. The number of amides is 1. The summed E-state index contributed by atoms with van der Waals surface area (Å²) < 4.78 is 3.34. The molecule has 0 saturated carbocycles. The molecule has 2 N–H and O–H groups in total. The van der Waals surface area contributed by atoms with Crippen LogP contribution in [0.2, 0.25) is 0 Å². The van der Waals surface area contributed by atoms with Crippen LogP contribution < -0.4 is 5.32 Å². The molecule has 0 bridgehead atoms. The van der Waals surface area contributed by atoms with Crippen LogP contribution >= 0.6 is 15.9 Å². The predicted octanol–water partition coefficient (Wildman–Crippen LogP) is 2.31. The third-order valence-corrected chi connectivity index (χ3v) is 6.72. The van der Waals surface area contributed by atoms with Crippen LogP contribution in [0.3, 0.4) is 0 Å². The number of aliphatic hydroxyl groups excluding tert-OH is 1. The molecule has 2 aliphatic rings. The van der Waals surface area contributed by atoms with Gasteiger partial charge in [0.05, 0.1) is 17.1 Å². The number of aliphatic hydroxyl groups is 1. The van der Waals surface area contributed by atoms with E-state index in [2.05, 4.69) is 69.1 Å². The van der Waals surface area contributed by atoms with Gasteiger partial charge in [0.15, 0.2) is 0 Å². The van der Waals surface area contributed by atoms with Crippen LogP contribution in [0.25, 0.3) is 16.5 Å². The summed E-state index contributed by atoms with van der Waals surface area (Å²) in [4.78, 5) is 14.9. The lowest BCUT2D eigenvalue weighted by Gasteiger charge is -2.39. The minimum atomic E-state index is -0.226. The van der Waals surface area contributed by atoms with Crippen LogP contribution in [0.5, 0.6) is 0 Å². The number of likely N-dealkylation sites (N-methyl/N-ethyl adjacent to an activating group) is 1. The average molecular weight is 418 g/mol. The first-order chi connectivity index (χ1) is 12.4. The molecule has 0 fully saturated rings. The van der Waals surface area contributed by atoms with Gasteiger partial charge in [0.25, 0.3) is 0 Å². The number of fused-ring (bicyclic) bond motifs is 2.